The number of ketones is 1. The molecule has 6 rings (SSSR count). The van der Waals surface area contributed by atoms with Crippen LogP contribution in [0.3, 0.4) is 0 Å². The van der Waals surface area contributed by atoms with E-state index in [0.29, 0.717) is 30.0 Å². The van der Waals surface area contributed by atoms with Crippen molar-refractivity contribution in [3.8, 4) is 11.1 Å². The van der Waals surface area contributed by atoms with Crippen LogP contribution in [-0.4, -0.2) is 61.3 Å². The lowest BCUT2D eigenvalue weighted by molar-refractivity contribution is -0.122. The monoisotopic (exact) mass is 470 g/mol. The minimum absolute atomic E-state index is 0.143. The Kier molecular flexibility index (Phi) is 4.74. The number of para-hydroxylation sites is 1. The number of nitrogen functional groups attached to an aromatic ring is 1. The summed E-state index contributed by atoms with van der Waals surface area (Å²) < 4.78 is 1.44. The number of pyridine rings is 1. The summed E-state index contributed by atoms with van der Waals surface area (Å²) >= 11 is 0. The molecule has 0 aliphatic carbocycles. The number of hydrogen-bond donors (Lipinski definition) is 3. The molecule has 11 heteroatoms. The summed E-state index contributed by atoms with van der Waals surface area (Å²) in [6.45, 7) is 2.38. The van der Waals surface area contributed by atoms with E-state index in [9.17, 15) is 14.4 Å². The number of amides is 3. The molecule has 4 aromatic rings. The van der Waals surface area contributed by atoms with Crippen LogP contribution in [0.2, 0.25) is 0 Å². The van der Waals surface area contributed by atoms with E-state index in [2.05, 4.69) is 20.7 Å². The number of aromatic nitrogens is 4. The number of carbonyl (C=O) groups is 3. The van der Waals surface area contributed by atoms with Crippen LogP contribution in [0.1, 0.15) is 35.4 Å². The molecule has 0 spiro atoms. The van der Waals surface area contributed by atoms with Crippen molar-refractivity contribution in [2.24, 2.45) is 0 Å². The number of nitrogens with zero attached hydrogens (tertiary/aromatic N) is 5. The van der Waals surface area contributed by atoms with Gasteiger partial charge in [-0.25, -0.2) is 9.78 Å². The average molecular weight is 470 g/mol. The maximum atomic E-state index is 13.0. The highest BCUT2D eigenvalue weighted by Gasteiger charge is 2.46. The Hall–Kier alpha value is -4.38. The first kappa shape index (κ1) is 21.2. The first-order chi connectivity index (χ1) is 17.0. The maximum absolute atomic E-state index is 13.0. The van der Waals surface area contributed by atoms with Gasteiger partial charge in [0.15, 0.2) is 11.4 Å². The van der Waals surface area contributed by atoms with Crippen LogP contribution < -0.4 is 16.4 Å². The number of imide groups is 1. The van der Waals surface area contributed by atoms with Gasteiger partial charge in [0.05, 0.1) is 29.0 Å². The van der Waals surface area contributed by atoms with Gasteiger partial charge in [0.2, 0.25) is 0 Å². The van der Waals surface area contributed by atoms with E-state index in [0.717, 1.165) is 16.5 Å². The minimum atomic E-state index is -0.681. The van der Waals surface area contributed by atoms with Gasteiger partial charge in [0.1, 0.15) is 11.9 Å². The van der Waals surface area contributed by atoms with Crippen LogP contribution in [0.5, 0.6) is 0 Å². The van der Waals surface area contributed by atoms with Gasteiger partial charge in [-0.2, -0.15) is 9.61 Å². The lowest BCUT2D eigenvalue weighted by atomic mass is 9.98. The second kappa shape index (κ2) is 7.84. The Bertz CT molecular complexity index is 1540. The normalized spacial score (nSPS) is 19.9. The quantitative estimate of drug-likeness (QED) is 0.301. The van der Waals surface area contributed by atoms with E-state index >= 15 is 0 Å². The molecule has 35 heavy (non-hydrogen) atoms. The minimum Gasteiger partial charge on any atom is -0.383 e. The van der Waals surface area contributed by atoms with E-state index in [1.54, 1.807) is 19.3 Å². The van der Waals surface area contributed by atoms with Crippen molar-refractivity contribution in [1.29, 1.82) is 0 Å². The number of carbonyl (C=O) groups excluding carboxylic acids is 3. The Labute approximate surface area is 199 Å². The van der Waals surface area contributed by atoms with Crippen molar-refractivity contribution < 1.29 is 14.4 Å². The predicted octanol–water partition coefficient (Wildman–Crippen LogP) is 1.68. The Morgan fingerprint density at radius 3 is 2.80 bits per heavy atom. The fraction of sp³-hybridized carbons (Fsp3) is 0.250. The van der Waals surface area contributed by atoms with E-state index in [-0.39, 0.29) is 29.5 Å². The Morgan fingerprint density at radius 2 is 1.97 bits per heavy atom. The predicted molar refractivity (Wildman–Crippen MR) is 128 cm³/mol. The molecular formula is C24H22N8O3. The molecule has 0 radical (unpaired) electrons. The summed E-state index contributed by atoms with van der Waals surface area (Å²) in [6, 6.07) is 7.92. The zero-order valence-electron chi connectivity index (χ0n) is 18.9. The zero-order chi connectivity index (χ0) is 24.3. The molecule has 0 saturated carbocycles. The smallest absolute Gasteiger partial charge is 0.325 e. The van der Waals surface area contributed by atoms with Crippen LogP contribution in [-0.2, 0) is 4.79 Å². The standard InChI is InChI=1S/C24H22N8O3/c1-2-18(33)19-20(16-10-26-11-17-23(34)30-24(35)31(16)17)29-22-14(9-28-32(22)21(19)25)13-7-12-5-3-4-6-15(12)27-8-13/h3-9,16-17,26H,2,10-11,25H2,1H3,(H,30,34,35). The lowest BCUT2D eigenvalue weighted by Gasteiger charge is -2.36. The fourth-order valence-corrected chi connectivity index (χ4v) is 4.91. The van der Waals surface area contributed by atoms with Crippen molar-refractivity contribution in [2.45, 2.75) is 25.4 Å². The second-order valence-electron chi connectivity index (χ2n) is 8.64. The molecule has 2 fully saturated rings. The molecule has 2 unspecified atom stereocenters. The molecule has 0 bridgehead atoms. The number of Topliss-reactive ketones (excluding diaryl/α,β-unsaturated/α-hetero) is 1. The van der Waals surface area contributed by atoms with Crippen LogP contribution in [0.15, 0.2) is 42.7 Å². The van der Waals surface area contributed by atoms with E-state index < -0.39 is 18.1 Å². The highest BCUT2D eigenvalue weighted by atomic mass is 16.2. The van der Waals surface area contributed by atoms with Crippen molar-refractivity contribution in [3.63, 3.8) is 0 Å². The van der Waals surface area contributed by atoms with Gasteiger partial charge < -0.3 is 16.0 Å². The Morgan fingerprint density at radius 1 is 1.17 bits per heavy atom. The van der Waals surface area contributed by atoms with Crippen LogP contribution >= 0.6 is 0 Å². The van der Waals surface area contributed by atoms with Gasteiger partial charge in [-0.15, -0.1) is 0 Å². The zero-order valence-corrected chi connectivity index (χ0v) is 18.9. The molecular weight excluding hydrogens is 448 g/mol. The van der Waals surface area contributed by atoms with Gasteiger partial charge in [-0.05, 0) is 12.1 Å². The van der Waals surface area contributed by atoms with Crippen LogP contribution in [0.4, 0.5) is 10.6 Å². The second-order valence-corrected chi connectivity index (χ2v) is 8.64. The summed E-state index contributed by atoms with van der Waals surface area (Å²) in [5.41, 5.74) is 9.84. The largest absolute Gasteiger partial charge is 0.383 e. The highest BCUT2D eigenvalue weighted by Crippen LogP contribution is 2.35. The van der Waals surface area contributed by atoms with Gasteiger partial charge in [-0.1, -0.05) is 25.1 Å². The number of nitrogens with two attached hydrogens (primary N) is 1. The van der Waals surface area contributed by atoms with Gasteiger partial charge >= 0.3 is 6.03 Å². The first-order valence-electron chi connectivity index (χ1n) is 11.4. The van der Waals surface area contributed by atoms with Gasteiger partial charge in [-0.3, -0.25) is 19.9 Å². The molecule has 2 atom stereocenters. The topological polar surface area (TPSA) is 148 Å². The van der Waals surface area contributed by atoms with Crippen molar-refractivity contribution in [2.75, 3.05) is 18.8 Å². The summed E-state index contributed by atoms with van der Waals surface area (Å²) in [4.78, 5) is 48.9. The number of fused-ring (bicyclic) bond motifs is 3. The molecule has 5 heterocycles. The summed E-state index contributed by atoms with van der Waals surface area (Å²) in [5.74, 6) is -0.453. The van der Waals surface area contributed by atoms with Crippen LogP contribution in [0.25, 0.3) is 27.7 Å². The third-order valence-electron chi connectivity index (χ3n) is 6.64. The number of rotatable bonds is 4. The average Bonchev–Trinajstić information content (AvgIpc) is 3.44. The third kappa shape index (κ3) is 3.16. The van der Waals surface area contributed by atoms with E-state index in [1.165, 1.54) is 9.42 Å². The number of benzene rings is 1. The molecule has 4 N–H and O–H groups in total. The summed E-state index contributed by atoms with van der Waals surface area (Å²) in [7, 11) is 0. The third-order valence-corrected chi connectivity index (χ3v) is 6.64. The summed E-state index contributed by atoms with van der Waals surface area (Å²) in [5, 5.41) is 10.9. The van der Waals surface area contributed by atoms with Crippen molar-refractivity contribution in [3.05, 3.63) is 54.0 Å². The van der Waals surface area contributed by atoms with Gasteiger partial charge in [0, 0.05) is 42.2 Å². The molecule has 3 amide bonds. The lowest BCUT2D eigenvalue weighted by Crippen LogP contribution is -2.53. The van der Waals surface area contributed by atoms with Crippen molar-refractivity contribution >= 4 is 40.1 Å². The molecule has 2 saturated heterocycles. The fourth-order valence-electron chi connectivity index (χ4n) is 4.91. The van der Waals surface area contributed by atoms with E-state index in [4.69, 9.17) is 10.7 Å². The number of urea groups is 1. The van der Waals surface area contributed by atoms with Crippen LogP contribution in [0, 0.1) is 0 Å². The SMILES string of the molecule is CCC(=O)c1c(C2CNCC3C(=O)NC(=O)N32)nc2c(-c3cnc4ccccc4c3)cnn2c1N. The number of piperazine rings is 1. The first-order valence-corrected chi connectivity index (χ1v) is 11.4. The molecule has 2 aliphatic rings. The molecule has 176 valence electrons. The van der Waals surface area contributed by atoms with Crippen molar-refractivity contribution in [1.82, 2.24) is 35.1 Å². The van der Waals surface area contributed by atoms with E-state index in [1.807, 2.05) is 30.3 Å². The number of anilines is 1. The molecule has 1 aromatic carbocycles. The number of nitrogens with one attached hydrogen (secondary N) is 2. The molecule has 2 aliphatic heterocycles. The highest BCUT2D eigenvalue weighted by molar-refractivity contribution is 6.05. The molecule has 11 nitrogen and oxygen atoms in total. The number of hydrogen-bond acceptors (Lipinski definition) is 8. The van der Waals surface area contributed by atoms with Gasteiger partial charge in [0.25, 0.3) is 5.91 Å². The molecule has 3 aromatic heterocycles. The Balaban J connectivity index is 1.57. The summed E-state index contributed by atoms with van der Waals surface area (Å²) in [6.07, 6.45) is 3.58. The maximum Gasteiger partial charge on any atom is 0.325 e.